The van der Waals surface area contributed by atoms with Gasteiger partial charge >= 0.3 is 0 Å². The van der Waals surface area contributed by atoms with Crippen molar-refractivity contribution >= 4 is 34.1 Å². The van der Waals surface area contributed by atoms with Gasteiger partial charge in [-0.05, 0) is 49.6 Å². The van der Waals surface area contributed by atoms with Gasteiger partial charge in [0.25, 0.3) is 5.91 Å². The number of para-hydroxylation sites is 1. The van der Waals surface area contributed by atoms with Crippen LogP contribution in [0, 0.1) is 5.92 Å². The second-order valence-corrected chi connectivity index (χ2v) is 8.19. The van der Waals surface area contributed by atoms with E-state index in [-0.39, 0.29) is 11.8 Å². The van der Waals surface area contributed by atoms with Crippen LogP contribution in [-0.4, -0.2) is 47.9 Å². The van der Waals surface area contributed by atoms with Crippen LogP contribution in [0.25, 0.3) is 10.9 Å². The molecule has 6 nitrogen and oxygen atoms in total. The second kappa shape index (κ2) is 7.86. The minimum absolute atomic E-state index is 0.121. The van der Waals surface area contributed by atoms with Crippen molar-refractivity contribution in [3.63, 3.8) is 0 Å². The lowest BCUT2D eigenvalue weighted by atomic mass is 10.1. The molecule has 0 unspecified atom stereocenters. The molecule has 2 aromatic carbocycles. The lowest BCUT2D eigenvalue weighted by molar-refractivity contribution is -0.132. The van der Waals surface area contributed by atoms with Crippen LogP contribution in [0.1, 0.15) is 29.6 Å². The summed E-state index contributed by atoms with van der Waals surface area (Å²) in [6, 6.07) is 15.8. The lowest BCUT2D eigenvalue weighted by Crippen LogP contribution is -2.36. The first-order valence-corrected chi connectivity index (χ1v) is 10.7. The Morgan fingerprint density at radius 2 is 1.73 bits per heavy atom. The first-order chi connectivity index (χ1) is 14.7. The van der Waals surface area contributed by atoms with E-state index in [1.54, 1.807) is 6.20 Å². The van der Waals surface area contributed by atoms with E-state index in [9.17, 15) is 9.59 Å². The Morgan fingerprint density at radius 1 is 0.933 bits per heavy atom. The molecule has 30 heavy (non-hydrogen) atoms. The zero-order chi connectivity index (χ0) is 20.5. The van der Waals surface area contributed by atoms with Gasteiger partial charge in [-0.25, -0.2) is 0 Å². The number of benzene rings is 2. The zero-order valence-corrected chi connectivity index (χ0v) is 16.9. The monoisotopic (exact) mass is 402 g/mol. The van der Waals surface area contributed by atoms with Crippen molar-refractivity contribution in [2.75, 3.05) is 36.4 Å². The molecule has 1 saturated carbocycles. The van der Waals surface area contributed by atoms with Crippen molar-refractivity contribution in [2.24, 2.45) is 5.92 Å². The standard InChI is InChI=1S/C24H26N4O2/c29-23(21-16-25-22-5-2-1-4-20(21)22)26-18-8-10-19(11-9-18)27-12-3-13-28(15-14-27)24(30)17-6-7-17/h1-2,4-5,8-11,16-17,25H,3,6-7,12-15H2,(H,26,29). The van der Waals surface area contributed by atoms with Crippen LogP contribution in [0.2, 0.25) is 0 Å². The third kappa shape index (κ3) is 3.77. The number of aromatic nitrogens is 1. The van der Waals surface area contributed by atoms with Gasteiger partial charge < -0.3 is 20.1 Å². The number of fused-ring (bicyclic) bond motifs is 1. The summed E-state index contributed by atoms with van der Waals surface area (Å²) in [5, 5.41) is 3.91. The van der Waals surface area contributed by atoms with Crippen LogP contribution in [0.15, 0.2) is 54.7 Å². The van der Waals surface area contributed by atoms with Gasteiger partial charge in [-0.3, -0.25) is 9.59 Å². The predicted octanol–water partition coefficient (Wildman–Crippen LogP) is 3.87. The molecular formula is C24H26N4O2. The average Bonchev–Trinajstić information content (AvgIpc) is 3.57. The summed E-state index contributed by atoms with van der Waals surface area (Å²) in [7, 11) is 0. The Morgan fingerprint density at radius 3 is 2.53 bits per heavy atom. The summed E-state index contributed by atoms with van der Waals surface area (Å²) in [5.74, 6) is 0.507. The number of aromatic amines is 1. The molecule has 3 aromatic rings. The largest absolute Gasteiger partial charge is 0.370 e. The Balaban J connectivity index is 1.23. The molecule has 0 bridgehead atoms. The summed E-state index contributed by atoms with van der Waals surface area (Å²) in [6.07, 6.45) is 4.85. The van der Waals surface area contributed by atoms with Crippen molar-refractivity contribution in [2.45, 2.75) is 19.3 Å². The summed E-state index contributed by atoms with van der Waals surface area (Å²) >= 11 is 0. The minimum Gasteiger partial charge on any atom is -0.370 e. The molecule has 0 atom stereocenters. The number of nitrogens with zero attached hydrogens (tertiary/aromatic N) is 2. The average molecular weight is 402 g/mol. The molecule has 0 spiro atoms. The first-order valence-electron chi connectivity index (χ1n) is 10.7. The van der Waals surface area contributed by atoms with E-state index < -0.39 is 0 Å². The number of hydrogen-bond acceptors (Lipinski definition) is 3. The van der Waals surface area contributed by atoms with E-state index in [4.69, 9.17) is 0 Å². The Kier molecular flexibility index (Phi) is 4.91. The lowest BCUT2D eigenvalue weighted by Gasteiger charge is -2.24. The molecule has 1 aromatic heterocycles. The van der Waals surface area contributed by atoms with Crippen molar-refractivity contribution < 1.29 is 9.59 Å². The van der Waals surface area contributed by atoms with Gasteiger partial charge in [0.2, 0.25) is 5.91 Å². The second-order valence-electron chi connectivity index (χ2n) is 8.19. The summed E-state index contributed by atoms with van der Waals surface area (Å²) in [4.78, 5) is 32.5. The number of rotatable bonds is 4. The molecule has 2 fully saturated rings. The van der Waals surface area contributed by atoms with E-state index in [1.165, 1.54) is 0 Å². The molecule has 5 rings (SSSR count). The molecular weight excluding hydrogens is 376 g/mol. The Bertz CT molecular complexity index is 1070. The highest BCUT2D eigenvalue weighted by Gasteiger charge is 2.33. The molecule has 2 heterocycles. The molecule has 2 aliphatic rings. The summed E-state index contributed by atoms with van der Waals surface area (Å²) in [6.45, 7) is 3.42. The van der Waals surface area contributed by atoms with E-state index in [0.29, 0.717) is 11.5 Å². The number of carbonyl (C=O) groups is 2. The van der Waals surface area contributed by atoms with E-state index in [1.807, 2.05) is 53.4 Å². The quantitative estimate of drug-likeness (QED) is 0.696. The number of nitrogens with one attached hydrogen (secondary N) is 2. The summed E-state index contributed by atoms with van der Waals surface area (Å²) < 4.78 is 0. The number of amides is 2. The highest BCUT2D eigenvalue weighted by atomic mass is 16.2. The van der Waals surface area contributed by atoms with E-state index in [2.05, 4.69) is 15.2 Å². The number of hydrogen-bond donors (Lipinski definition) is 2. The third-order valence-electron chi connectivity index (χ3n) is 6.06. The van der Waals surface area contributed by atoms with Crippen LogP contribution < -0.4 is 10.2 Å². The van der Waals surface area contributed by atoms with E-state index in [0.717, 1.165) is 67.7 Å². The molecule has 6 heteroatoms. The maximum Gasteiger partial charge on any atom is 0.257 e. The van der Waals surface area contributed by atoms with Crippen molar-refractivity contribution in [1.29, 1.82) is 0 Å². The predicted molar refractivity (Wildman–Crippen MR) is 119 cm³/mol. The third-order valence-corrected chi connectivity index (χ3v) is 6.06. The van der Waals surface area contributed by atoms with E-state index >= 15 is 0 Å². The fraction of sp³-hybridized carbons (Fsp3) is 0.333. The van der Waals surface area contributed by atoms with Gasteiger partial charge in [-0.15, -0.1) is 0 Å². The topological polar surface area (TPSA) is 68.4 Å². The number of carbonyl (C=O) groups excluding carboxylic acids is 2. The highest BCUT2D eigenvalue weighted by molar-refractivity contribution is 6.12. The van der Waals surface area contributed by atoms with Gasteiger partial charge in [-0.1, -0.05) is 18.2 Å². The van der Waals surface area contributed by atoms with Crippen LogP contribution in [0.4, 0.5) is 11.4 Å². The van der Waals surface area contributed by atoms with Crippen molar-refractivity contribution in [1.82, 2.24) is 9.88 Å². The molecule has 0 radical (unpaired) electrons. The van der Waals surface area contributed by atoms with Crippen LogP contribution in [0.5, 0.6) is 0 Å². The Labute approximate surface area is 175 Å². The maximum absolute atomic E-state index is 12.7. The van der Waals surface area contributed by atoms with Crippen molar-refractivity contribution in [3.05, 3.63) is 60.3 Å². The minimum atomic E-state index is -0.121. The molecule has 1 aliphatic heterocycles. The Hall–Kier alpha value is -3.28. The zero-order valence-electron chi connectivity index (χ0n) is 16.9. The fourth-order valence-corrected chi connectivity index (χ4v) is 4.20. The van der Waals surface area contributed by atoms with Gasteiger partial charge in [0.15, 0.2) is 0 Å². The SMILES string of the molecule is O=C(Nc1ccc(N2CCCN(C(=O)C3CC3)CC2)cc1)c1c[nH]c2ccccc12. The molecule has 2 amide bonds. The molecule has 1 saturated heterocycles. The van der Waals surface area contributed by atoms with Crippen LogP contribution in [-0.2, 0) is 4.79 Å². The maximum atomic E-state index is 12.7. The highest BCUT2D eigenvalue weighted by Crippen LogP contribution is 2.31. The van der Waals surface area contributed by atoms with Gasteiger partial charge in [-0.2, -0.15) is 0 Å². The normalized spacial score (nSPS) is 17.1. The van der Waals surface area contributed by atoms with Gasteiger partial charge in [0.05, 0.1) is 5.56 Å². The fourth-order valence-electron chi connectivity index (χ4n) is 4.20. The molecule has 1 aliphatic carbocycles. The van der Waals surface area contributed by atoms with Crippen LogP contribution in [0.3, 0.4) is 0 Å². The van der Waals surface area contributed by atoms with Crippen LogP contribution >= 0.6 is 0 Å². The van der Waals surface area contributed by atoms with Gasteiger partial charge in [0, 0.05) is 60.6 Å². The number of H-pyrrole nitrogens is 1. The molecule has 154 valence electrons. The van der Waals surface area contributed by atoms with Gasteiger partial charge in [0.1, 0.15) is 0 Å². The number of anilines is 2. The first kappa shape index (κ1) is 18.7. The van der Waals surface area contributed by atoms with Crippen molar-refractivity contribution in [3.8, 4) is 0 Å². The molecule has 2 N–H and O–H groups in total. The summed E-state index contributed by atoms with van der Waals surface area (Å²) in [5.41, 5.74) is 3.49. The smallest absolute Gasteiger partial charge is 0.257 e.